The predicted molar refractivity (Wildman–Crippen MR) is 152 cm³/mol. The molecule has 1 nitrogen and oxygen atoms in total. The lowest BCUT2D eigenvalue weighted by atomic mass is 9.88. The molecule has 0 aromatic heterocycles. The smallest absolute Gasteiger partial charge is 0.0618 e. The van der Waals surface area contributed by atoms with E-state index in [0.717, 1.165) is 11.3 Å². The van der Waals surface area contributed by atoms with Crippen molar-refractivity contribution < 1.29 is 0 Å². The lowest BCUT2D eigenvalue weighted by Gasteiger charge is -2.29. The van der Waals surface area contributed by atoms with Gasteiger partial charge in [0.1, 0.15) is 0 Å². The van der Waals surface area contributed by atoms with Crippen LogP contribution in [0.1, 0.15) is 5.56 Å². The Bertz CT molecular complexity index is 1870. The Morgan fingerprint density at radius 3 is 2.09 bits per heavy atom. The maximum atomic E-state index is 4.51. The van der Waals surface area contributed by atoms with Crippen LogP contribution in [0.15, 0.2) is 134 Å². The molecule has 0 amide bonds. The van der Waals surface area contributed by atoms with Crippen molar-refractivity contribution in [3.63, 3.8) is 0 Å². The maximum Gasteiger partial charge on any atom is 0.0618 e. The first-order valence-electron chi connectivity index (χ1n) is 12.0. The SMILES string of the molecule is C=C1/C=C\C=C/N(c2ccc3ccccc3c2)c2c1c1ccccc1c1c2ccc2ccccc21. The molecule has 0 saturated carbocycles. The lowest BCUT2D eigenvalue weighted by Crippen LogP contribution is -2.12. The molecule has 0 aliphatic carbocycles. The van der Waals surface area contributed by atoms with Gasteiger partial charge in [-0.3, -0.25) is 0 Å². The van der Waals surface area contributed by atoms with E-state index in [2.05, 4.69) is 139 Å². The minimum Gasteiger partial charge on any atom is -0.316 e. The van der Waals surface area contributed by atoms with Crippen molar-refractivity contribution in [3.8, 4) is 0 Å². The molecule has 0 atom stereocenters. The Morgan fingerprint density at radius 2 is 1.23 bits per heavy atom. The topological polar surface area (TPSA) is 3.24 Å². The average molecular weight is 446 g/mol. The number of hydrogen-bond acceptors (Lipinski definition) is 1. The molecule has 6 aromatic rings. The van der Waals surface area contributed by atoms with Crippen molar-refractivity contribution in [3.05, 3.63) is 140 Å². The third-order valence-corrected chi connectivity index (χ3v) is 7.10. The van der Waals surface area contributed by atoms with E-state index in [1.165, 1.54) is 54.3 Å². The number of hydrogen-bond donors (Lipinski definition) is 0. The van der Waals surface area contributed by atoms with Crippen molar-refractivity contribution in [2.24, 2.45) is 0 Å². The first kappa shape index (κ1) is 19.8. The summed E-state index contributed by atoms with van der Waals surface area (Å²) in [6.45, 7) is 4.51. The number of anilines is 2. The summed E-state index contributed by atoms with van der Waals surface area (Å²) in [5, 5.41) is 9.99. The molecule has 0 bridgehead atoms. The van der Waals surface area contributed by atoms with Crippen LogP contribution in [0.5, 0.6) is 0 Å². The summed E-state index contributed by atoms with van der Waals surface area (Å²) in [6, 6.07) is 37.2. The van der Waals surface area contributed by atoms with Gasteiger partial charge in [-0.05, 0) is 61.5 Å². The van der Waals surface area contributed by atoms with Gasteiger partial charge in [0, 0.05) is 22.8 Å². The average Bonchev–Trinajstić information content (AvgIpc) is 2.90. The van der Waals surface area contributed by atoms with Gasteiger partial charge in [0.15, 0.2) is 0 Å². The Kier molecular flexibility index (Phi) is 4.37. The zero-order valence-corrected chi connectivity index (χ0v) is 19.3. The number of allylic oxidation sites excluding steroid dienone is 4. The summed E-state index contributed by atoms with van der Waals surface area (Å²) in [7, 11) is 0. The standard InChI is InChI=1S/C34H23N/c1-23-10-8-9-21-35(27-19-17-24-11-2-3-13-26(24)22-27)34-31-20-18-25-12-4-5-14-28(25)33(31)30-16-7-6-15-29(30)32(23)34/h2-22H,1H2/b10-8-,21-9-. The van der Waals surface area contributed by atoms with Crippen LogP contribution in [0.25, 0.3) is 48.7 Å². The van der Waals surface area contributed by atoms with Gasteiger partial charge >= 0.3 is 0 Å². The van der Waals surface area contributed by atoms with E-state index in [9.17, 15) is 0 Å². The molecule has 0 N–H and O–H groups in total. The Hall–Kier alpha value is -4.62. The lowest BCUT2D eigenvalue weighted by molar-refractivity contribution is 1.30. The van der Waals surface area contributed by atoms with Crippen molar-refractivity contribution >= 4 is 60.0 Å². The maximum absolute atomic E-state index is 4.51. The highest BCUT2D eigenvalue weighted by molar-refractivity contribution is 6.27. The fourth-order valence-electron chi connectivity index (χ4n) is 5.52. The molecular weight excluding hydrogens is 422 g/mol. The van der Waals surface area contributed by atoms with Gasteiger partial charge in [-0.2, -0.15) is 0 Å². The van der Waals surface area contributed by atoms with Crippen molar-refractivity contribution in [2.45, 2.75) is 0 Å². The Balaban J connectivity index is 1.67. The van der Waals surface area contributed by atoms with Crippen LogP contribution in [0.4, 0.5) is 11.4 Å². The third-order valence-electron chi connectivity index (χ3n) is 7.10. The molecule has 0 unspecified atom stereocenters. The Labute approximate surface area is 204 Å². The number of rotatable bonds is 1. The predicted octanol–water partition coefficient (Wildman–Crippen LogP) is 9.53. The molecule has 1 heterocycles. The van der Waals surface area contributed by atoms with Crippen LogP contribution in [0.3, 0.4) is 0 Å². The minimum absolute atomic E-state index is 1.02. The molecule has 6 aromatic carbocycles. The second kappa shape index (κ2) is 7.72. The van der Waals surface area contributed by atoms with E-state index in [1.807, 2.05) is 0 Å². The molecule has 7 rings (SSSR count). The molecule has 0 fully saturated rings. The molecule has 1 aliphatic rings. The van der Waals surface area contributed by atoms with Crippen LogP contribution >= 0.6 is 0 Å². The first-order chi connectivity index (χ1) is 17.3. The van der Waals surface area contributed by atoms with E-state index < -0.39 is 0 Å². The second-order valence-corrected chi connectivity index (χ2v) is 9.11. The molecule has 0 radical (unpaired) electrons. The van der Waals surface area contributed by atoms with Gasteiger partial charge in [-0.15, -0.1) is 0 Å². The zero-order valence-electron chi connectivity index (χ0n) is 19.3. The molecule has 1 heteroatoms. The quantitative estimate of drug-likeness (QED) is 0.228. The fourth-order valence-corrected chi connectivity index (χ4v) is 5.52. The van der Waals surface area contributed by atoms with Gasteiger partial charge in [0.05, 0.1) is 5.69 Å². The van der Waals surface area contributed by atoms with Crippen LogP contribution in [-0.4, -0.2) is 0 Å². The number of benzene rings is 6. The van der Waals surface area contributed by atoms with E-state index in [0.29, 0.717) is 0 Å². The first-order valence-corrected chi connectivity index (χ1v) is 12.0. The third kappa shape index (κ3) is 3.02. The molecule has 1 aliphatic heterocycles. The summed E-state index contributed by atoms with van der Waals surface area (Å²) < 4.78 is 0. The number of nitrogens with zero attached hydrogens (tertiary/aromatic N) is 1. The molecule has 164 valence electrons. The minimum atomic E-state index is 1.02. The highest BCUT2D eigenvalue weighted by Crippen LogP contribution is 2.47. The van der Waals surface area contributed by atoms with Gasteiger partial charge in [-0.1, -0.05) is 110 Å². The van der Waals surface area contributed by atoms with E-state index in [1.54, 1.807) is 0 Å². The van der Waals surface area contributed by atoms with Crippen molar-refractivity contribution in [1.82, 2.24) is 0 Å². The monoisotopic (exact) mass is 445 g/mol. The summed E-state index contributed by atoms with van der Waals surface area (Å²) in [4.78, 5) is 2.33. The highest BCUT2D eigenvalue weighted by Gasteiger charge is 2.22. The summed E-state index contributed by atoms with van der Waals surface area (Å²) in [6.07, 6.45) is 8.48. The zero-order chi connectivity index (χ0) is 23.4. The van der Waals surface area contributed by atoms with Crippen LogP contribution in [0.2, 0.25) is 0 Å². The number of fused-ring (bicyclic) bond motifs is 9. The second-order valence-electron chi connectivity index (χ2n) is 9.11. The highest BCUT2D eigenvalue weighted by atomic mass is 15.1. The van der Waals surface area contributed by atoms with Crippen LogP contribution in [-0.2, 0) is 0 Å². The normalized spacial score (nSPS) is 15.3. The van der Waals surface area contributed by atoms with Gasteiger partial charge in [-0.25, -0.2) is 0 Å². The summed E-state index contributed by atoms with van der Waals surface area (Å²) in [5.41, 5.74) is 4.50. The molecule has 0 spiro atoms. The van der Waals surface area contributed by atoms with E-state index in [4.69, 9.17) is 0 Å². The molecular formula is C34H23N. The fraction of sp³-hybridized carbons (Fsp3) is 0. The summed E-state index contributed by atoms with van der Waals surface area (Å²) >= 11 is 0. The summed E-state index contributed by atoms with van der Waals surface area (Å²) in [5.74, 6) is 0. The largest absolute Gasteiger partial charge is 0.316 e. The van der Waals surface area contributed by atoms with Crippen LogP contribution < -0.4 is 4.90 Å². The van der Waals surface area contributed by atoms with E-state index >= 15 is 0 Å². The molecule has 0 saturated heterocycles. The Morgan fingerprint density at radius 1 is 0.543 bits per heavy atom. The van der Waals surface area contributed by atoms with Crippen molar-refractivity contribution in [1.29, 1.82) is 0 Å². The molecule has 35 heavy (non-hydrogen) atoms. The van der Waals surface area contributed by atoms with E-state index in [-0.39, 0.29) is 0 Å². The van der Waals surface area contributed by atoms with Gasteiger partial charge in [0.25, 0.3) is 0 Å². The van der Waals surface area contributed by atoms with Crippen LogP contribution in [0, 0.1) is 0 Å². The van der Waals surface area contributed by atoms with Crippen molar-refractivity contribution in [2.75, 3.05) is 4.90 Å². The van der Waals surface area contributed by atoms with Gasteiger partial charge < -0.3 is 4.90 Å². The van der Waals surface area contributed by atoms with Gasteiger partial charge in [0.2, 0.25) is 0 Å².